The predicted octanol–water partition coefficient (Wildman–Crippen LogP) is 1.54. The third kappa shape index (κ3) is 4.48. The lowest BCUT2D eigenvalue weighted by atomic mass is 9.95. The molecule has 0 aliphatic carbocycles. The van der Waals surface area contributed by atoms with Crippen LogP contribution in [0.4, 0.5) is 11.6 Å². The van der Waals surface area contributed by atoms with Gasteiger partial charge < -0.3 is 15.5 Å². The second-order valence-electron chi connectivity index (χ2n) is 8.75. The number of likely N-dealkylation sites (N-methyl/N-ethyl adjacent to an activating group) is 1. The van der Waals surface area contributed by atoms with Crippen molar-refractivity contribution in [2.24, 2.45) is 0 Å². The van der Waals surface area contributed by atoms with Crippen LogP contribution in [0, 0.1) is 0 Å². The summed E-state index contributed by atoms with van der Waals surface area (Å²) in [5, 5.41) is 11.3. The number of carbonyl (C=O) groups excluding carboxylic acids is 1. The highest BCUT2D eigenvalue weighted by Crippen LogP contribution is 2.40. The van der Waals surface area contributed by atoms with E-state index in [2.05, 4.69) is 27.6 Å². The summed E-state index contributed by atoms with van der Waals surface area (Å²) in [6.45, 7) is 4.16. The fourth-order valence-electron chi connectivity index (χ4n) is 3.89. The van der Waals surface area contributed by atoms with Crippen molar-refractivity contribution in [1.82, 2.24) is 29.0 Å². The van der Waals surface area contributed by atoms with E-state index in [4.69, 9.17) is 4.98 Å². The average molecular weight is 487 g/mol. The molecule has 1 amide bonds. The summed E-state index contributed by atoms with van der Waals surface area (Å²) in [7, 11) is 3.24. The number of aryl methyl sites for hydroxylation is 1. The summed E-state index contributed by atoms with van der Waals surface area (Å²) >= 11 is 0. The van der Waals surface area contributed by atoms with Crippen LogP contribution in [0.1, 0.15) is 30.5 Å². The Morgan fingerprint density at radius 1 is 1.18 bits per heavy atom. The minimum Gasteiger partial charge on any atom is -0.353 e. The van der Waals surface area contributed by atoms with Crippen molar-refractivity contribution < 1.29 is 13.2 Å². The van der Waals surface area contributed by atoms with Gasteiger partial charge in [-0.05, 0) is 44.3 Å². The maximum absolute atomic E-state index is 13.1. The number of aromatic nitrogens is 4. The molecule has 12 heteroatoms. The first-order valence-corrected chi connectivity index (χ1v) is 12.6. The number of nitrogens with zero attached hydrogens (tertiary/aromatic N) is 6. The highest BCUT2D eigenvalue weighted by Gasteiger charge is 2.36. The summed E-state index contributed by atoms with van der Waals surface area (Å²) in [4.78, 5) is 24.6. The van der Waals surface area contributed by atoms with E-state index in [1.54, 1.807) is 16.8 Å². The van der Waals surface area contributed by atoms with E-state index in [0.29, 0.717) is 47.0 Å². The molecule has 0 spiro atoms. The molecule has 1 atom stereocenters. The first kappa shape index (κ1) is 24.0. The molecule has 2 aromatic heterocycles. The zero-order chi connectivity index (χ0) is 24.6. The fourth-order valence-corrected chi connectivity index (χ4v) is 4.83. The van der Waals surface area contributed by atoms with Crippen molar-refractivity contribution in [3.8, 4) is 0 Å². The molecular weight excluding hydrogens is 456 g/mol. The third-order valence-corrected chi connectivity index (χ3v) is 7.47. The number of hydrogen-bond donors (Lipinski definition) is 2. The van der Waals surface area contributed by atoms with Crippen molar-refractivity contribution in [2.45, 2.75) is 30.7 Å². The highest BCUT2D eigenvalue weighted by molar-refractivity contribution is 7.89. The molecule has 0 radical (unpaired) electrons. The summed E-state index contributed by atoms with van der Waals surface area (Å²) in [5.41, 5.74) is 2.12. The zero-order valence-corrected chi connectivity index (χ0v) is 20.8. The highest BCUT2D eigenvalue weighted by atomic mass is 32.2. The van der Waals surface area contributed by atoms with Gasteiger partial charge in [-0.25, -0.2) is 17.7 Å². The Balaban J connectivity index is 1.84. The number of carbonyl (C=O) groups is 1. The minimum atomic E-state index is -3.67. The van der Waals surface area contributed by atoms with Gasteiger partial charge in [0.25, 0.3) is 0 Å². The first-order chi connectivity index (χ1) is 16.1. The molecule has 2 N–H and O–H groups in total. The number of rotatable bonds is 9. The zero-order valence-electron chi connectivity index (χ0n) is 20.0. The summed E-state index contributed by atoms with van der Waals surface area (Å²) in [6, 6.07) is 4.68. The predicted molar refractivity (Wildman–Crippen MR) is 130 cm³/mol. The van der Waals surface area contributed by atoms with E-state index in [1.807, 2.05) is 25.2 Å². The molecule has 0 bridgehead atoms. The van der Waals surface area contributed by atoms with Gasteiger partial charge in [-0.15, -0.1) is 0 Å². The van der Waals surface area contributed by atoms with Gasteiger partial charge >= 0.3 is 0 Å². The molecular formula is C22H30N8O3S. The number of fused-ring (bicyclic) bond motifs is 2. The molecule has 182 valence electrons. The van der Waals surface area contributed by atoms with E-state index in [1.165, 1.54) is 20.2 Å². The minimum absolute atomic E-state index is 0.119. The van der Waals surface area contributed by atoms with Crippen molar-refractivity contribution in [2.75, 3.05) is 51.9 Å². The number of amides is 1. The molecule has 11 nitrogen and oxygen atoms in total. The number of nitrogens with one attached hydrogen (secondary N) is 2. The third-order valence-electron chi connectivity index (χ3n) is 5.66. The van der Waals surface area contributed by atoms with Crippen molar-refractivity contribution in [3.05, 3.63) is 35.7 Å². The smallest absolute Gasteiger partial charge is 0.242 e. The van der Waals surface area contributed by atoms with Crippen LogP contribution < -0.4 is 10.6 Å². The van der Waals surface area contributed by atoms with Gasteiger partial charge in [-0.3, -0.25) is 9.48 Å². The molecule has 0 fully saturated rings. The molecule has 0 saturated carbocycles. The topological polar surface area (TPSA) is 125 Å². The molecule has 1 aliphatic heterocycles. The van der Waals surface area contributed by atoms with E-state index >= 15 is 0 Å². The van der Waals surface area contributed by atoms with Crippen molar-refractivity contribution in [1.29, 1.82) is 0 Å². The van der Waals surface area contributed by atoms with Gasteiger partial charge in [0, 0.05) is 45.6 Å². The SMILES string of the molecule is CCCn1cc2c(C3C(=O)Nc4ccc(S(=O)(=O)N(C)C)cc43)nc(NCCN(C)C)nc2n1. The Hall–Kier alpha value is -3.09. The average Bonchev–Trinajstić information content (AvgIpc) is 3.32. The Morgan fingerprint density at radius 2 is 1.94 bits per heavy atom. The van der Waals surface area contributed by atoms with Crippen LogP contribution in [0.3, 0.4) is 0 Å². The quantitative estimate of drug-likeness (QED) is 0.467. The summed E-state index contributed by atoms with van der Waals surface area (Å²) in [6.07, 6.45) is 2.74. The fraction of sp³-hybridized carbons (Fsp3) is 0.455. The second kappa shape index (κ2) is 9.28. The largest absolute Gasteiger partial charge is 0.353 e. The standard InChI is InChI=1S/C22H30N8O3S/c1-6-10-30-13-16-19(25-22(26-20(16)27-30)23-9-11-28(2)3)18-15-12-14(34(32,33)29(4)5)7-8-17(15)24-21(18)31/h7-8,12-13,18H,6,9-11H2,1-5H3,(H,24,31)(H,23,26,27). The van der Waals surface area contributed by atoms with E-state index in [0.717, 1.165) is 17.3 Å². The Bertz CT molecular complexity index is 1330. The van der Waals surface area contributed by atoms with Gasteiger partial charge in [0.15, 0.2) is 5.65 Å². The molecule has 1 unspecified atom stereocenters. The molecule has 1 aromatic carbocycles. The van der Waals surface area contributed by atoms with Crippen LogP contribution in [0.25, 0.3) is 11.0 Å². The maximum atomic E-state index is 13.1. The molecule has 4 rings (SSSR count). The molecule has 3 heterocycles. The second-order valence-corrected chi connectivity index (χ2v) is 10.9. The van der Waals surface area contributed by atoms with Crippen molar-refractivity contribution >= 4 is 38.6 Å². The molecule has 0 saturated heterocycles. The lowest BCUT2D eigenvalue weighted by Gasteiger charge is -2.15. The van der Waals surface area contributed by atoms with E-state index in [-0.39, 0.29) is 10.8 Å². The maximum Gasteiger partial charge on any atom is 0.242 e. The van der Waals surface area contributed by atoms with Gasteiger partial charge in [0.2, 0.25) is 21.9 Å². The Morgan fingerprint density at radius 3 is 2.62 bits per heavy atom. The lowest BCUT2D eigenvalue weighted by molar-refractivity contribution is -0.116. The first-order valence-electron chi connectivity index (χ1n) is 11.1. The number of benzene rings is 1. The normalized spacial score (nSPS) is 15.9. The van der Waals surface area contributed by atoms with Crippen LogP contribution in [0.5, 0.6) is 0 Å². The molecule has 1 aliphatic rings. The van der Waals surface area contributed by atoms with Gasteiger partial charge in [0.1, 0.15) is 5.92 Å². The van der Waals surface area contributed by atoms with Gasteiger partial charge in [0.05, 0.1) is 16.0 Å². The van der Waals surface area contributed by atoms with Crippen LogP contribution in [0.2, 0.25) is 0 Å². The van der Waals surface area contributed by atoms with Crippen LogP contribution in [-0.4, -0.2) is 84.6 Å². The van der Waals surface area contributed by atoms with Crippen molar-refractivity contribution in [3.63, 3.8) is 0 Å². The van der Waals surface area contributed by atoms with E-state index in [9.17, 15) is 13.2 Å². The number of anilines is 2. The Labute approximate surface area is 199 Å². The van der Waals surface area contributed by atoms with Crippen LogP contribution in [0.15, 0.2) is 29.3 Å². The lowest BCUT2D eigenvalue weighted by Crippen LogP contribution is -2.23. The van der Waals surface area contributed by atoms with Gasteiger partial charge in [-0.1, -0.05) is 6.92 Å². The molecule has 3 aromatic rings. The monoisotopic (exact) mass is 486 g/mol. The van der Waals surface area contributed by atoms with Gasteiger partial charge in [-0.2, -0.15) is 10.1 Å². The van der Waals surface area contributed by atoms with E-state index < -0.39 is 15.9 Å². The van der Waals surface area contributed by atoms with Crippen LogP contribution >= 0.6 is 0 Å². The number of hydrogen-bond acceptors (Lipinski definition) is 8. The summed E-state index contributed by atoms with van der Waals surface area (Å²) < 4.78 is 28.4. The molecule has 34 heavy (non-hydrogen) atoms. The Kier molecular flexibility index (Phi) is 6.56. The summed E-state index contributed by atoms with van der Waals surface area (Å²) in [5.74, 6) is -0.673. The number of sulfonamides is 1. The van der Waals surface area contributed by atoms with Crippen LogP contribution in [-0.2, 0) is 21.4 Å².